The molecule has 0 aromatic carbocycles. The van der Waals surface area contributed by atoms with E-state index in [1.54, 1.807) is 0 Å². The molecule has 0 saturated carbocycles. The number of hydrogen-bond donors (Lipinski definition) is 1. The molecule has 2 fully saturated rings. The maximum absolute atomic E-state index is 12.9. The van der Waals surface area contributed by atoms with Crippen LogP contribution in [0.5, 0.6) is 0 Å². The molecule has 2 aliphatic heterocycles. The molecule has 2 aliphatic rings. The van der Waals surface area contributed by atoms with Crippen LogP contribution >= 0.6 is 12.4 Å². The number of carbonyl (C=O) groups is 1. The van der Waals surface area contributed by atoms with Gasteiger partial charge in [0, 0.05) is 31.4 Å². The van der Waals surface area contributed by atoms with Crippen molar-refractivity contribution in [1.82, 2.24) is 14.7 Å². The molecule has 3 heterocycles. The first-order valence-corrected chi connectivity index (χ1v) is 10.3. The van der Waals surface area contributed by atoms with E-state index in [9.17, 15) is 4.79 Å². The van der Waals surface area contributed by atoms with Crippen LogP contribution in [-0.2, 0) is 4.74 Å². The Morgan fingerprint density at radius 2 is 1.96 bits per heavy atom. The lowest BCUT2D eigenvalue weighted by Gasteiger charge is -2.39. The van der Waals surface area contributed by atoms with E-state index in [-0.39, 0.29) is 30.5 Å². The van der Waals surface area contributed by atoms with Crippen LogP contribution in [0.25, 0.3) is 0 Å². The lowest BCUT2D eigenvalue weighted by molar-refractivity contribution is -0.0480. The van der Waals surface area contributed by atoms with Crippen LogP contribution in [0.4, 0.5) is 0 Å². The Morgan fingerprint density at radius 1 is 1.30 bits per heavy atom. The zero-order valence-electron chi connectivity index (χ0n) is 16.9. The van der Waals surface area contributed by atoms with Crippen LogP contribution in [0.2, 0.25) is 0 Å². The number of likely N-dealkylation sites (tertiary alicyclic amines) is 1. The van der Waals surface area contributed by atoms with Crippen LogP contribution in [0.15, 0.2) is 6.07 Å². The third-order valence-corrected chi connectivity index (χ3v) is 6.14. The fraction of sp³-hybridized carbons (Fsp3) is 0.800. The van der Waals surface area contributed by atoms with Gasteiger partial charge < -0.3 is 15.4 Å². The van der Waals surface area contributed by atoms with E-state index < -0.39 is 0 Å². The molecule has 0 bridgehead atoms. The highest BCUT2D eigenvalue weighted by molar-refractivity contribution is 5.92. The van der Waals surface area contributed by atoms with Gasteiger partial charge in [0.2, 0.25) is 0 Å². The maximum Gasteiger partial charge on any atom is 0.274 e. The standard InChI is InChI=1S/C20H34N4O2.ClH/c1-4-16(5-2)24-14(3)13-18(22-24)20(25)23-10-8-15(9-11-23)19-17(21)7-6-12-26-19;/h13,15-17,19H,4-12,21H2,1-3H3;1H. The highest BCUT2D eigenvalue weighted by atomic mass is 35.5. The highest BCUT2D eigenvalue weighted by Gasteiger charge is 2.34. The summed E-state index contributed by atoms with van der Waals surface area (Å²) in [5.74, 6) is 0.531. The predicted molar refractivity (Wildman–Crippen MR) is 109 cm³/mol. The Labute approximate surface area is 169 Å². The van der Waals surface area contributed by atoms with Gasteiger partial charge in [0.15, 0.2) is 5.69 Å². The first kappa shape index (κ1) is 22.2. The average Bonchev–Trinajstić information content (AvgIpc) is 3.04. The van der Waals surface area contributed by atoms with Crippen LogP contribution in [0.1, 0.15) is 74.6 Å². The predicted octanol–water partition coefficient (Wildman–Crippen LogP) is 3.33. The molecule has 0 aliphatic carbocycles. The van der Waals surface area contributed by atoms with Crippen molar-refractivity contribution in [3.05, 3.63) is 17.5 Å². The Hall–Kier alpha value is -1.11. The zero-order valence-corrected chi connectivity index (χ0v) is 17.7. The number of rotatable bonds is 5. The molecule has 27 heavy (non-hydrogen) atoms. The first-order valence-electron chi connectivity index (χ1n) is 10.3. The monoisotopic (exact) mass is 398 g/mol. The molecule has 154 valence electrons. The van der Waals surface area contributed by atoms with Crippen molar-refractivity contribution in [2.75, 3.05) is 19.7 Å². The van der Waals surface area contributed by atoms with E-state index in [4.69, 9.17) is 10.5 Å². The lowest BCUT2D eigenvalue weighted by Crippen LogP contribution is -2.49. The minimum Gasteiger partial charge on any atom is -0.376 e. The van der Waals surface area contributed by atoms with Crippen molar-refractivity contribution >= 4 is 18.3 Å². The van der Waals surface area contributed by atoms with E-state index in [0.717, 1.165) is 63.9 Å². The van der Waals surface area contributed by atoms with Gasteiger partial charge in [0.25, 0.3) is 5.91 Å². The third kappa shape index (κ3) is 4.84. The number of ether oxygens (including phenoxy) is 1. The zero-order chi connectivity index (χ0) is 18.7. The van der Waals surface area contributed by atoms with Gasteiger partial charge >= 0.3 is 0 Å². The number of hydrogen-bond acceptors (Lipinski definition) is 4. The largest absolute Gasteiger partial charge is 0.376 e. The number of aryl methyl sites for hydroxylation is 1. The molecule has 2 unspecified atom stereocenters. The number of halogens is 1. The van der Waals surface area contributed by atoms with Gasteiger partial charge in [0.05, 0.1) is 12.1 Å². The van der Waals surface area contributed by atoms with Crippen molar-refractivity contribution in [3.8, 4) is 0 Å². The lowest BCUT2D eigenvalue weighted by atomic mass is 9.85. The summed E-state index contributed by atoms with van der Waals surface area (Å²) in [5, 5.41) is 4.63. The SMILES string of the molecule is CCC(CC)n1nc(C(=O)N2CCC(C3OCCCC3N)CC2)cc1C.Cl. The van der Waals surface area contributed by atoms with Crippen molar-refractivity contribution in [2.24, 2.45) is 11.7 Å². The Morgan fingerprint density at radius 3 is 2.56 bits per heavy atom. The summed E-state index contributed by atoms with van der Waals surface area (Å²) in [7, 11) is 0. The molecule has 2 saturated heterocycles. The number of carbonyl (C=O) groups excluding carboxylic acids is 1. The number of piperidine rings is 1. The molecule has 3 rings (SSSR count). The van der Waals surface area contributed by atoms with Gasteiger partial charge in [-0.15, -0.1) is 12.4 Å². The second-order valence-corrected chi connectivity index (χ2v) is 7.86. The molecular weight excluding hydrogens is 364 g/mol. The summed E-state index contributed by atoms with van der Waals surface area (Å²) in [6.45, 7) is 8.74. The van der Waals surface area contributed by atoms with E-state index in [0.29, 0.717) is 17.7 Å². The number of nitrogens with zero attached hydrogens (tertiary/aromatic N) is 3. The quantitative estimate of drug-likeness (QED) is 0.825. The molecular formula is C20H35ClN4O2. The second kappa shape index (κ2) is 9.89. The van der Waals surface area contributed by atoms with Crippen molar-refractivity contribution in [2.45, 2.75) is 77.5 Å². The summed E-state index contributed by atoms with van der Waals surface area (Å²) in [6, 6.07) is 2.45. The smallest absolute Gasteiger partial charge is 0.274 e. The van der Waals surface area contributed by atoms with E-state index in [1.807, 2.05) is 22.6 Å². The van der Waals surface area contributed by atoms with E-state index in [2.05, 4.69) is 18.9 Å². The highest BCUT2D eigenvalue weighted by Crippen LogP contribution is 2.29. The molecule has 7 heteroatoms. The van der Waals surface area contributed by atoms with E-state index >= 15 is 0 Å². The fourth-order valence-corrected chi connectivity index (χ4v) is 4.50. The minimum atomic E-state index is 0. The maximum atomic E-state index is 12.9. The topological polar surface area (TPSA) is 73.4 Å². The summed E-state index contributed by atoms with van der Waals surface area (Å²) < 4.78 is 7.96. The number of nitrogens with two attached hydrogens (primary N) is 1. The second-order valence-electron chi connectivity index (χ2n) is 7.86. The summed E-state index contributed by atoms with van der Waals surface area (Å²) in [5.41, 5.74) is 7.90. The molecule has 2 N–H and O–H groups in total. The average molecular weight is 399 g/mol. The van der Waals surface area contributed by atoms with Crippen LogP contribution in [0, 0.1) is 12.8 Å². The molecule has 0 radical (unpaired) electrons. The van der Waals surface area contributed by atoms with Crippen molar-refractivity contribution in [1.29, 1.82) is 0 Å². The molecule has 1 aromatic rings. The van der Waals surface area contributed by atoms with Crippen LogP contribution < -0.4 is 5.73 Å². The van der Waals surface area contributed by atoms with Gasteiger partial charge in [-0.25, -0.2) is 0 Å². The summed E-state index contributed by atoms with van der Waals surface area (Å²) >= 11 is 0. The van der Waals surface area contributed by atoms with E-state index in [1.165, 1.54) is 0 Å². The normalized spacial score (nSPS) is 24.1. The minimum absolute atomic E-state index is 0. The Kier molecular flexibility index (Phi) is 8.13. The number of aromatic nitrogens is 2. The summed E-state index contributed by atoms with van der Waals surface area (Å²) in [6.07, 6.45) is 6.27. The fourth-order valence-electron chi connectivity index (χ4n) is 4.50. The van der Waals surface area contributed by atoms with Gasteiger partial charge in [0.1, 0.15) is 0 Å². The summed E-state index contributed by atoms with van der Waals surface area (Å²) in [4.78, 5) is 14.9. The van der Waals surface area contributed by atoms with Gasteiger partial charge in [-0.2, -0.15) is 5.10 Å². The Balaban J connectivity index is 0.00000261. The van der Waals surface area contributed by atoms with Crippen molar-refractivity contribution < 1.29 is 9.53 Å². The van der Waals surface area contributed by atoms with Gasteiger partial charge in [-0.1, -0.05) is 13.8 Å². The Bertz CT molecular complexity index is 609. The molecule has 6 nitrogen and oxygen atoms in total. The molecule has 1 aromatic heterocycles. The van der Waals surface area contributed by atoms with Crippen LogP contribution in [0.3, 0.4) is 0 Å². The van der Waals surface area contributed by atoms with Gasteiger partial charge in [-0.3, -0.25) is 9.48 Å². The number of amides is 1. The van der Waals surface area contributed by atoms with Gasteiger partial charge in [-0.05, 0) is 57.4 Å². The molecule has 0 spiro atoms. The first-order chi connectivity index (χ1) is 12.5. The molecule has 1 amide bonds. The third-order valence-electron chi connectivity index (χ3n) is 6.14. The molecule has 2 atom stereocenters. The van der Waals surface area contributed by atoms with Crippen LogP contribution in [-0.4, -0.2) is 52.4 Å². The van der Waals surface area contributed by atoms with Crippen molar-refractivity contribution in [3.63, 3.8) is 0 Å².